The number of halogens is 1. The second kappa shape index (κ2) is 9.79. The van der Waals surface area contributed by atoms with Gasteiger partial charge in [-0.3, -0.25) is 9.78 Å². The van der Waals surface area contributed by atoms with E-state index in [2.05, 4.69) is 9.97 Å². The molecule has 2 N–H and O–H groups in total. The molecule has 6 nitrogen and oxygen atoms in total. The zero-order valence-corrected chi connectivity index (χ0v) is 19.3. The first kappa shape index (κ1) is 23.0. The summed E-state index contributed by atoms with van der Waals surface area (Å²) in [6.45, 7) is 3.82. The van der Waals surface area contributed by atoms with Gasteiger partial charge in [0.1, 0.15) is 17.4 Å². The Bertz CT molecular complexity index is 1330. The molecule has 4 aromatic rings. The quantitative estimate of drug-likeness (QED) is 0.376. The van der Waals surface area contributed by atoms with Gasteiger partial charge >= 0.3 is 0 Å². The molecule has 7 heteroatoms. The van der Waals surface area contributed by atoms with Crippen molar-refractivity contribution in [1.82, 2.24) is 15.0 Å². The number of pyridine rings is 1. The Labute approximate surface area is 197 Å². The molecule has 2 aromatic heterocycles. The molecule has 2 aromatic carbocycles. The van der Waals surface area contributed by atoms with Crippen LogP contribution in [0.4, 0.5) is 10.2 Å². The normalized spacial score (nSPS) is 10.8. The molecule has 0 unspecified atom stereocenters. The van der Waals surface area contributed by atoms with Crippen LogP contribution in [-0.4, -0.2) is 27.8 Å². The molecule has 0 aliphatic heterocycles. The predicted octanol–water partition coefficient (Wildman–Crippen LogP) is 5.37. The molecule has 34 heavy (non-hydrogen) atoms. The molecule has 0 spiro atoms. The van der Waals surface area contributed by atoms with Crippen molar-refractivity contribution in [2.75, 3.05) is 12.8 Å². The maximum Gasteiger partial charge on any atom is 0.166 e. The number of ketones is 1. The van der Waals surface area contributed by atoms with Crippen LogP contribution >= 0.6 is 0 Å². The molecule has 0 atom stereocenters. The molecule has 2 heterocycles. The predicted molar refractivity (Wildman–Crippen MR) is 130 cm³/mol. The molecule has 0 aliphatic rings. The number of rotatable bonds is 7. The SMILES string of the molecule is COc1ccccc1C(=O)CCc1nc(-c2cc(C)nc(C)c2)c(-c2ccc(F)cc2)nc1N. The monoisotopic (exact) mass is 456 g/mol. The molecular formula is C27H25FN4O2. The number of anilines is 1. The van der Waals surface area contributed by atoms with Gasteiger partial charge in [-0.1, -0.05) is 12.1 Å². The summed E-state index contributed by atoms with van der Waals surface area (Å²) >= 11 is 0. The summed E-state index contributed by atoms with van der Waals surface area (Å²) in [6, 6.07) is 17.0. The van der Waals surface area contributed by atoms with Crippen molar-refractivity contribution in [2.45, 2.75) is 26.7 Å². The second-order valence-corrected chi connectivity index (χ2v) is 8.02. The molecule has 0 radical (unpaired) electrons. The van der Waals surface area contributed by atoms with Crippen molar-refractivity contribution >= 4 is 11.6 Å². The lowest BCUT2D eigenvalue weighted by atomic mass is 10.0. The number of aryl methyl sites for hydroxylation is 3. The van der Waals surface area contributed by atoms with Crippen LogP contribution < -0.4 is 10.5 Å². The summed E-state index contributed by atoms with van der Waals surface area (Å²) in [5, 5.41) is 0. The topological polar surface area (TPSA) is 91.0 Å². The summed E-state index contributed by atoms with van der Waals surface area (Å²) < 4.78 is 18.8. The van der Waals surface area contributed by atoms with E-state index in [1.807, 2.05) is 32.0 Å². The van der Waals surface area contributed by atoms with Gasteiger partial charge in [-0.25, -0.2) is 14.4 Å². The van der Waals surface area contributed by atoms with E-state index in [0.29, 0.717) is 40.4 Å². The zero-order chi connectivity index (χ0) is 24.2. The Kier molecular flexibility index (Phi) is 6.63. The maximum absolute atomic E-state index is 13.5. The summed E-state index contributed by atoms with van der Waals surface area (Å²) in [5.74, 6) is 0.353. The lowest BCUT2D eigenvalue weighted by Crippen LogP contribution is -2.09. The molecule has 0 saturated heterocycles. The van der Waals surface area contributed by atoms with E-state index in [1.165, 1.54) is 19.2 Å². The average molecular weight is 457 g/mol. The van der Waals surface area contributed by atoms with E-state index in [-0.39, 0.29) is 23.8 Å². The summed E-state index contributed by atoms with van der Waals surface area (Å²) in [4.78, 5) is 26.8. The lowest BCUT2D eigenvalue weighted by molar-refractivity contribution is 0.0979. The molecule has 0 amide bonds. The summed E-state index contributed by atoms with van der Waals surface area (Å²) in [5.41, 5.74) is 11.7. The van der Waals surface area contributed by atoms with Crippen molar-refractivity contribution in [3.63, 3.8) is 0 Å². The number of para-hydroxylation sites is 1. The number of Topliss-reactive ketones (excluding diaryl/α,β-unsaturated/α-hetero) is 1. The van der Waals surface area contributed by atoms with E-state index in [4.69, 9.17) is 15.5 Å². The largest absolute Gasteiger partial charge is 0.496 e. The number of benzene rings is 2. The Morgan fingerprint density at radius 1 is 0.912 bits per heavy atom. The van der Waals surface area contributed by atoms with Crippen LogP contribution in [0.15, 0.2) is 60.7 Å². The van der Waals surface area contributed by atoms with Crippen LogP contribution in [0, 0.1) is 19.7 Å². The van der Waals surface area contributed by atoms with Crippen LogP contribution in [0.5, 0.6) is 5.75 Å². The Balaban J connectivity index is 1.74. The van der Waals surface area contributed by atoms with Crippen molar-refractivity contribution < 1.29 is 13.9 Å². The van der Waals surface area contributed by atoms with Gasteiger partial charge in [0.2, 0.25) is 0 Å². The zero-order valence-electron chi connectivity index (χ0n) is 19.3. The minimum Gasteiger partial charge on any atom is -0.496 e. The highest BCUT2D eigenvalue weighted by atomic mass is 19.1. The first-order valence-electron chi connectivity index (χ1n) is 10.9. The van der Waals surface area contributed by atoms with Crippen LogP contribution in [0.25, 0.3) is 22.5 Å². The average Bonchev–Trinajstić information content (AvgIpc) is 2.82. The summed E-state index contributed by atoms with van der Waals surface area (Å²) in [7, 11) is 1.54. The molecular weight excluding hydrogens is 431 g/mol. The van der Waals surface area contributed by atoms with Crippen molar-refractivity contribution in [2.24, 2.45) is 0 Å². The molecule has 0 fully saturated rings. The fraction of sp³-hybridized carbons (Fsp3) is 0.185. The van der Waals surface area contributed by atoms with Crippen LogP contribution in [0.2, 0.25) is 0 Å². The van der Waals surface area contributed by atoms with Gasteiger partial charge in [-0.2, -0.15) is 0 Å². The van der Waals surface area contributed by atoms with Gasteiger partial charge < -0.3 is 10.5 Å². The number of hydrogen-bond acceptors (Lipinski definition) is 6. The fourth-order valence-electron chi connectivity index (χ4n) is 3.89. The fourth-order valence-corrected chi connectivity index (χ4v) is 3.89. The third-order valence-corrected chi connectivity index (χ3v) is 5.47. The Morgan fingerprint density at radius 2 is 1.56 bits per heavy atom. The van der Waals surface area contributed by atoms with Gasteiger partial charge in [0.05, 0.1) is 29.8 Å². The maximum atomic E-state index is 13.5. The number of hydrogen-bond donors (Lipinski definition) is 1. The van der Waals surface area contributed by atoms with Crippen LogP contribution in [0.1, 0.15) is 33.9 Å². The number of carbonyl (C=O) groups is 1. The second-order valence-electron chi connectivity index (χ2n) is 8.02. The molecule has 0 bridgehead atoms. The standard InChI is InChI=1S/C27H25FN4O2/c1-16-14-19(15-17(2)30-16)26-25(18-8-10-20(28)11-9-18)32-27(29)22(31-26)12-13-23(33)21-6-4-5-7-24(21)34-3/h4-11,14-15H,12-13H2,1-3H3,(H2,29,32). The number of nitrogens with zero attached hydrogens (tertiary/aromatic N) is 3. The van der Waals surface area contributed by atoms with Crippen molar-refractivity contribution in [1.29, 1.82) is 0 Å². The number of aromatic nitrogens is 3. The highest BCUT2D eigenvalue weighted by Crippen LogP contribution is 2.32. The lowest BCUT2D eigenvalue weighted by Gasteiger charge is -2.14. The number of nitrogen functional groups attached to an aromatic ring is 1. The Hall–Kier alpha value is -4.13. The van der Waals surface area contributed by atoms with E-state index in [1.54, 1.807) is 30.3 Å². The summed E-state index contributed by atoms with van der Waals surface area (Å²) in [6.07, 6.45) is 0.512. The number of nitrogens with two attached hydrogens (primary N) is 1. The highest BCUT2D eigenvalue weighted by Gasteiger charge is 2.18. The van der Waals surface area contributed by atoms with Gasteiger partial charge in [0, 0.05) is 35.4 Å². The van der Waals surface area contributed by atoms with E-state index in [0.717, 1.165) is 17.0 Å². The first-order valence-corrected chi connectivity index (χ1v) is 10.9. The number of methoxy groups -OCH3 is 1. The Morgan fingerprint density at radius 3 is 2.24 bits per heavy atom. The van der Waals surface area contributed by atoms with Gasteiger partial charge in [-0.05, 0) is 62.4 Å². The smallest absolute Gasteiger partial charge is 0.166 e. The van der Waals surface area contributed by atoms with E-state index in [9.17, 15) is 9.18 Å². The van der Waals surface area contributed by atoms with Crippen LogP contribution in [-0.2, 0) is 6.42 Å². The molecule has 4 rings (SSSR count). The van der Waals surface area contributed by atoms with E-state index >= 15 is 0 Å². The molecule has 0 aliphatic carbocycles. The van der Waals surface area contributed by atoms with Gasteiger partial charge in [-0.15, -0.1) is 0 Å². The highest BCUT2D eigenvalue weighted by molar-refractivity contribution is 5.98. The number of carbonyl (C=O) groups excluding carboxylic acids is 1. The van der Waals surface area contributed by atoms with Crippen LogP contribution in [0.3, 0.4) is 0 Å². The molecule has 0 saturated carbocycles. The molecule has 172 valence electrons. The minimum absolute atomic E-state index is 0.0709. The van der Waals surface area contributed by atoms with Gasteiger partial charge in [0.15, 0.2) is 5.78 Å². The van der Waals surface area contributed by atoms with Crippen molar-refractivity contribution in [3.05, 3.63) is 89.1 Å². The third kappa shape index (κ3) is 4.93. The van der Waals surface area contributed by atoms with E-state index < -0.39 is 0 Å². The third-order valence-electron chi connectivity index (χ3n) is 5.47. The first-order chi connectivity index (χ1) is 16.4. The minimum atomic E-state index is -0.340. The van der Waals surface area contributed by atoms with Crippen molar-refractivity contribution in [3.8, 4) is 28.3 Å². The number of ether oxygens (including phenoxy) is 1. The van der Waals surface area contributed by atoms with Gasteiger partial charge in [0.25, 0.3) is 0 Å².